The lowest BCUT2D eigenvalue weighted by atomic mass is 10.1. The molecule has 0 radical (unpaired) electrons. The van der Waals surface area contributed by atoms with Gasteiger partial charge in [-0.1, -0.05) is 18.2 Å². The monoisotopic (exact) mass is 332 g/mol. The molecular formula is C20H20N4O. The first kappa shape index (κ1) is 15.4. The zero-order valence-electron chi connectivity index (χ0n) is 14.3. The molecule has 2 aromatic carbocycles. The van der Waals surface area contributed by atoms with Crippen LogP contribution >= 0.6 is 0 Å². The fourth-order valence-electron chi connectivity index (χ4n) is 3.04. The molecule has 1 amide bonds. The van der Waals surface area contributed by atoms with E-state index in [9.17, 15) is 4.79 Å². The molecule has 0 atom stereocenters. The van der Waals surface area contributed by atoms with Crippen molar-refractivity contribution in [3.05, 3.63) is 60.4 Å². The fraction of sp³-hybridized carbons (Fsp3) is 0.200. The lowest BCUT2D eigenvalue weighted by Gasteiger charge is -2.05. The molecule has 2 heterocycles. The molecule has 0 aliphatic carbocycles. The van der Waals surface area contributed by atoms with Crippen LogP contribution in [0.1, 0.15) is 25.5 Å². The van der Waals surface area contributed by atoms with Crippen LogP contribution in [0.25, 0.3) is 21.8 Å². The third-order valence-corrected chi connectivity index (χ3v) is 4.36. The quantitative estimate of drug-likeness (QED) is 0.586. The summed E-state index contributed by atoms with van der Waals surface area (Å²) in [6, 6.07) is 14.1. The third kappa shape index (κ3) is 3.01. The number of para-hydroxylation sites is 1. The van der Waals surface area contributed by atoms with Gasteiger partial charge in [-0.25, -0.2) is 0 Å². The highest BCUT2D eigenvalue weighted by Gasteiger charge is 2.10. The number of benzene rings is 2. The third-order valence-electron chi connectivity index (χ3n) is 4.36. The highest BCUT2D eigenvalue weighted by atomic mass is 16.1. The van der Waals surface area contributed by atoms with Crippen molar-refractivity contribution >= 4 is 33.4 Å². The van der Waals surface area contributed by atoms with Crippen LogP contribution in [0.2, 0.25) is 0 Å². The zero-order valence-corrected chi connectivity index (χ0v) is 14.3. The highest BCUT2D eigenvalue weighted by molar-refractivity contribution is 5.97. The molecule has 0 aliphatic heterocycles. The van der Waals surface area contributed by atoms with E-state index in [2.05, 4.69) is 29.2 Å². The maximum absolute atomic E-state index is 12.4. The van der Waals surface area contributed by atoms with Gasteiger partial charge < -0.3 is 10.3 Å². The maximum Gasteiger partial charge on any atom is 0.228 e. The maximum atomic E-state index is 12.4. The molecule has 0 unspecified atom stereocenters. The Kier molecular flexibility index (Phi) is 3.76. The molecule has 2 aromatic heterocycles. The van der Waals surface area contributed by atoms with E-state index in [4.69, 9.17) is 0 Å². The van der Waals surface area contributed by atoms with E-state index in [1.165, 1.54) is 0 Å². The van der Waals surface area contributed by atoms with Gasteiger partial charge in [-0.15, -0.1) is 0 Å². The first-order valence-corrected chi connectivity index (χ1v) is 8.44. The van der Waals surface area contributed by atoms with E-state index in [0.29, 0.717) is 12.5 Å². The number of rotatable bonds is 4. The molecule has 5 heteroatoms. The number of hydrogen-bond donors (Lipinski definition) is 2. The van der Waals surface area contributed by atoms with Crippen molar-refractivity contribution in [2.24, 2.45) is 0 Å². The number of amides is 1. The molecule has 0 bridgehead atoms. The number of nitrogens with one attached hydrogen (secondary N) is 2. The second kappa shape index (κ2) is 6.09. The molecule has 5 nitrogen and oxygen atoms in total. The minimum atomic E-state index is -0.0274. The van der Waals surface area contributed by atoms with Gasteiger partial charge in [0.05, 0.1) is 11.9 Å². The molecule has 0 aliphatic rings. The Morgan fingerprint density at radius 3 is 2.92 bits per heavy atom. The predicted octanol–water partition coefficient (Wildman–Crippen LogP) is 4.28. The zero-order chi connectivity index (χ0) is 17.4. The minimum Gasteiger partial charge on any atom is -0.361 e. The highest BCUT2D eigenvalue weighted by Crippen LogP contribution is 2.21. The lowest BCUT2D eigenvalue weighted by Crippen LogP contribution is -2.14. The largest absolute Gasteiger partial charge is 0.361 e. The summed E-state index contributed by atoms with van der Waals surface area (Å²) < 4.78 is 1.93. The van der Waals surface area contributed by atoms with Crippen LogP contribution < -0.4 is 5.32 Å². The van der Waals surface area contributed by atoms with Crippen LogP contribution in [0.3, 0.4) is 0 Å². The van der Waals surface area contributed by atoms with E-state index in [0.717, 1.165) is 33.1 Å². The molecule has 0 saturated carbocycles. The summed E-state index contributed by atoms with van der Waals surface area (Å²) in [4.78, 5) is 15.6. The van der Waals surface area contributed by atoms with Gasteiger partial charge in [-0.05, 0) is 43.7 Å². The standard InChI is InChI=1S/C20H20N4O/c1-13(2)24-12-15-9-16(7-8-18(15)23-24)22-20(25)10-14-11-21-19-6-4-3-5-17(14)19/h3-9,11-13,21H,10H2,1-2H3,(H,22,25). The first-order chi connectivity index (χ1) is 12.1. The SMILES string of the molecule is CC(C)n1cc2cc(NC(=O)Cc3c[nH]c4ccccc34)ccc2n1. The normalized spacial score (nSPS) is 11.5. The second-order valence-corrected chi connectivity index (χ2v) is 6.56. The number of H-pyrrole nitrogens is 1. The average molecular weight is 332 g/mol. The van der Waals surface area contributed by atoms with E-state index < -0.39 is 0 Å². The number of anilines is 1. The van der Waals surface area contributed by atoms with Gasteiger partial charge in [0, 0.05) is 40.4 Å². The van der Waals surface area contributed by atoms with E-state index in [1.54, 1.807) is 0 Å². The molecule has 25 heavy (non-hydrogen) atoms. The van der Waals surface area contributed by atoms with Gasteiger partial charge in [0.15, 0.2) is 0 Å². The van der Waals surface area contributed by atoms with E-state index >= 15 is 0 Å². The van der Waals surface area contributed by atoms with Gasteiger partial charge >= 0.3 is 0 Å². The molecule has 4 rings (SSSR count). The van der Waals surface area contributed by atoms with Gasteiger partial charge in [-0.2, -0.15) is 5.10 Å². The summed E-state index contributed by atoms with van der Waals surface area (Å²) in [5, 5.41) is 9.63. The van der Waals surface area contributed by atoms with Crippen molar-refractivity contribution in [1.82, 2.24) is 14.8 Å². The average Bonchev–Trinajstić information content (AvgIpc) is 3.19. The van der Waals surface area contributed by atoms with Crippen molar-refractivity contribution < 1.29 is 4.79 Å². The van der Waals surface area contributed by atoms with Crippen LogP contribution in [-0.2, 0) is 11.2 Å². The first-order valence-electron chi connectivity index (χ1n) is 8.44. The van der Waals surface area contributed by atoms with Crippen LogP contribution in [0.15, 0.2) is 54.9 Å². The summed E-state index contributed by atoms with van der Waals surface area (Å²) in [5.41, 5.74) is 3.78. The minimum absolute atomic E-state index is 0.0274. The summed E-state index contributed by atoms with van der Waals surface area (Å²) >= 11 is 0. The Hall–Kier alpha value is -3.08. The summed E-state index contributed by atoms with van der Waals surface area (Å²) in [6.07, 6.45) is 4.25. The fourth-order valence-corrected chi connectivity index (χ4v) is 3.04. The van der Waals surface area contributed by atoms with Gasteiger partial charge in [0.2, 0.25) is 5.91 Å². The van der Waals surface area contributed by atoms with Crippen molar-refractivity contribution in [2.45, 2.75) is 26.3 Å². The molecule has 0 fully saturated rings. The van der Waals surface area contributed by atoms with Crippen LogP contribution in [0.4, 0.5) is 5.69 Å². The molecule has 0 spiro atoms. The second-order valence-electron chi connectivity index (χ2n) is 6.56. The Bertz CT molecular complexity index is 1060. The number of fused-ring (bicyclic) bond motifs is 2. The number of carbonyl (C=O) groups excluding carboxylic acids is 1. The Labute approximate surface area is 145 Å². The van der Waals surface area contributed by atoms with Crippen molar-refractivity contribution in [1.29, 1.82) is 0 Å². The predicted molar refractivity (Wildman–Crippen MR) is 101 cm³/mol. The summed E-state index contributed by atoms with van der Waals surface area (Å²) in [7, 11) is 0. The number of hydrogen-bond acceptors (Lipinski definition) is 2. The van der Waals surface area contributed by atoms with Crippen LogP contribution in [0.5, 0.6) is 0 Å². The molecule has 126 valence electrons. The summed E-state index contributed by atoms with van der Waals surface area (Å²) in [5.74, 6) is -0.0274. The van der Waals surface area contributed by atoms with Gasteiger partial charge in [-0.3, -0.25) is 9.48 Å². The smallest absolute Gasteiger partial charge is 0.228 e. The molecule has 4 aromatic rings. The van der Waals surface area contributed by atoms with Crippen molar-refractivity contribution in [3.63, 3.8) is 0 Å². The number of nitrogens with zero attached hydrogens (tertiary/aromatic N) is 2. The summed E-state index contributed by atoms with van der Waals surface area (Å²) in [6.45, 7) is 4.19. The topological polar surface area (TPSA) is 62.7 Å². The number of aromatic nitrogens is 3. The van der Waals surface area contributed by atoms with E-state index in [-0.39, 0.29) is 5.91 Å². The van der Waals surface area contributed by atoms with Gasteiger partial charge in [0.25, 0.3) is 0 Å². The van der Waals surface area contributed by atoms with Crippen molar-refractivity contribution in [2.75, 3.05) is 5.32 Å². The Morgan fingerprint density at radius 2 is 2.08 bits per heavy atom. The molecule has 0 saturated heterocycles. The molecular weight excluding hydrogens is 312 g/mol. The van der Waals surface area contributed by atoms with E-state index in [1.807, 2.05) is 59.5 Å². The van der Waals surface area contributed by atoms with Crippen molar-refractivity contribution in [3.8, 4) is 0 Å². The number of aromatic amines is 1. The number of carbonyl (C=O) groups is 1. The van der Waals surface area contributed by atoms with Gasteiger partial charge in [0.1, 0.15) is 0 Å². The Morgan fingerprint density at radius 1 is 1.24 bits per heavy atom. The van der Waals surface area contributed by atoms with Crippen LogP contribution in [-0.4, -0.2) is 20.7 Å². The Balaban J connectivity index is 1.53. The lowest BCUT2D eigenvalue weighted by molar-refractivity contribution is -0.115. The van der Waals surface area contributed by atoms with Crippen LogP contribution in [0, 0.1) is 0 Å². The molecule has 2 N–H and O–H groups in total.